The Kier molecular flexibility index (Phi) is 4.07. The van der Waals surface area contributed by atoms with Gasteiger partial charge in [0, 0.05) is 36.5 Å². The third-order valence-electron chi connectivity index (χ3n) is 4.07. The van der Waals surface area contributed by atoms with Crippen molar-refractivity contribution in [1.29, 1.82) is 0 Å². The summed E-state index contributed by atoms with van der Waals surface area (Å²) in [5.74, 6) is 0.204. The van der Waals surface area contributed by atoms with E-state index in [1.54, 1.807) is 43.1 Å². The highest BCUT2D eigenvalue weighted by Gasteiger charge is 2.16. The summed E-state index contributed by atoms with van der Waals surface area (Å²) in [4.78, 5) is 29.9. The SMILES string of the molecule is Cc1ccncc1-c1cc(C(=O)Nc2ccccn2)c2nccnc2c1. The van der Waals surface area contributed by atoms with Crippen LogP contribution in [0, 0.1) is 6.92 Å². The number of benzene rings is 1. The van der Waals surface area contributed by atoms with E-state index >= 15 is 0 Å². The molecule has 0 fully saturated rings. The van der Waals surface area contributed by atoms with Crippen molar-refractivity contribution < 1.29 is 4.79 Å². The van der Waals surface area contributed by atoms with Gasteiger partial charge in [0.2, 0.25) is 0 Å². The molecular formula is C20H15N5O. The van der Waals surface area contributed by atoms with Crippen molar-refractivity contribution in [1.82, 2.24) is 19.9 Å². The Morgan fingerprint density at radius 3 is 2.65 bits per heavy atom. The van der Waals surface area contributed by atoms with E-state index in [2.05, 4.69) is 25.3 Å². The molecule has 1 aromatic carbocycles. The van der Waals surface area contributed by atoms with Crippen LogP contribution in [0.4, 0.5) is 5.82 Å². The standard InChI is InChI=1S/C20H15N5O/c1-13-5-7-21-12-16(13)14-10-15(19-17(11-14)22-8-9-24-19)20(26)25-18-4-2-3-6-23-18/h2-12H,1H3,(H,23,25,26). The van der Waals surface area contributed by atoms with E-state index in [-0.39, 0.29) is 5.91 Å². The number of rotatable bonds is 3. The van der Waals surface area contributed by atoms with Crippen molar-refractivity contribution in [2.45, 2.75) is 6.92 Å². The molecule has 26 heavy (non-hydrogen) atoms. The molecule has 1 amide bonds. The van der Waals surface area contributed by atoms with Gasteiger partial charge in [-0.2, -0.15) is 0 Å². The maximum Gasteiger partial charge on any atom is 0.259 e. The van der Waals surface area contributed by atoms with Crippen LogP contribution in [0.5, 0.6) is 0 Å². The smallest absolute Gasteiger partial charge is 0.259 e. The van der Waals surface area contributed by atoms with Gasteiger partial charge in [0.25, 0.3) is 5.91 Å². The number of aromatic nitrogens is 4. The molecule has 0 aliphatic heterocycles. The van der Waals surface area contributed by atoms with Gasteiger partial charge in [0.05, 0.1) is 11.1 Å². The summed E-state index contributed by atoms with van der Waals surface area (Å²) >= 11 is 0. The first kappa shape index (κ1) is 15.8. The maximum atomic E-state index is 12.9. The van der Waals surface area contributed by atoms with Crippen LogP contribution in [-0.4, -0.2) is 25.8 Å². The van der Waals surface area contributed by atoms with Gasteiger partial charge in [-0.1, -0.05) is 6.07 Å². The Bertz CT molecular complexity index is 1100. The predicted octanol–water partition coefficient (Wildman–Crippen LogP) is 3.65. The number of amides is 1. The fraction of sp³-hybridized carbons (Fsp3) is 0.0500. The number of hydrogen-bond acceptors (Lipinski definition) is 5. The van der Waals surface area contributed by atoms with Crippen LogP contribution < -0.4 is 5.32 Å². The zero-order valence-corrected chi connectivity index (χ0v) is 14.0. The van der Waals surface area contributed by atoms with E-state index in [0.29, 0.717) is 22.4 Å². The van der Waals surface area contributed by atoms with E-state index < -0.39 is 0 Å². The minimum absolute atomic E-state index is 0.280. The van der Waals surface area contributed by atoms with Crippen LogP contribution >= 0.6 is 0 Å². The van der Waals surface area contributed by atoms with E-state index in [9.17, 15) is 4.79 Å². The van der Waals surface area contributed by atoms with Crippen LogP contribution in [0.15, 0.2) is 67.4 Å². The Balaban J connectivity index is 1.85. The van der Waals surface area contributed by atoms with E-state index in [0.717, 1.165) is 16.7 Å². The second-order valence-electron chi connectivity index (χ2n) is 5.81. The molecule has 0 saturated heterocycles. The summed E-state index contributed by atoms with van der Waals surface area (Å²) in [5.41, 5.74) is 4.53. The maximum absolute atomic E-state index is 12.9. The van der Waals surface area contributed by atoms with Gasteiger partial charge in [0.1, 0.15) is 11.3 Å². The van der Waals surface area contributed by atoms with Crippen molar-refractivity contribution in [2.24, 2.45) is 0 Å². The molecule has 0 unspecified atom stereocenters. The molecule has 0 radical (unpaired) electrons. The van der Waals surface area contributed by atoms with E-state index in [4.69, 9.17) is 0 Å². The van der Waals surface area contributed by atoms with Gasteiger partial charge in [-0.25, -0.2) is 4.98 Å². The minimum atomic E-state index is -0.280. The average Bonchev–Trinajstić information content (AvgIpc) is 2.68. The molecule has 3 heterocycles. The summed E-state index contributed by atoms with van der Waals surface area (Å²) in [7, 11) is 0. The lowest BCUT2D eigenvalue weighted by molar-refractivity contribution is 0.102. The second-order valence-corrected chi connectivity index (χ2v) is 5.81. The fourth-order valence-electron chi connectivity index (χ4n) is 2.79. The number of aryl methyl sites for hydroxylation is 1. The summed E-state index contributed by atoms with van der Waals surface area (Å²) in [5, 5.41) is 2.81. The highest BCUT2D eigenvalue weighted by molar-refractivity contribution is 6.12. The fourth-order valence-corrected chi connectivity index (χ4v) is 2.79. The normalized spacial score (nSPS) is 10.7. The van der Waals surface area contributed by atoms with Crippen molar-refractivity contribution in [2.75, 3.05) is 5.32 Å². The van der Waals surface area contributed by atoms with Gasteiger partial charge in [-0.15, -0.1) is 0 Å². The summed E-state index contributed by atoms with van der Waals surface area (Å²) in [6.45, 7) is 2.01. The summed E-state index contributed by atoms with van der Waals surface area (Å²) in [6, 6.07) is 11.0. The topological polar surface area (TPSA) is 80.7 Å². The first-order valence-electron chi connectivity index (χ1n) is 8.10. The lowest BCUT2D eigenvalue weighted by Crippen LogP contribution is -2.14. The molecule has 6 heteroatoms. The van der Waals surface area contributed by atoms with Crippen molar-refractivity contribution in [3.8, 4) is 11.1 Å². The molecule has 0 aliphatic carbocycles. The number of fused-ring (bicyclic) bond motifs is 1. The van der Waals surface area contributed by atoms with Gasteiger partial charge in [-0.05, 0) is 48.4 Å². The molecule has 0 aliphatic rings. The first-order valence-corrected chi connectivity index (χ1v) is 8.10. The summed E-state index contributed by atoms with van der Waals surface area (Å²) in [6.07, 6.45) is 8.35. The Morgan fingerprint density at radius 1 is 0.962 bits per heavy atom. The number of pyridine rings is 2. The van der Waals surface area contributed by atoms with Gasteiger partial charge in [0.15, 0.2) is 0 Å². The van der Waals surface area contributed by atoms with Crippen LogP contribution in [-0.2, 0) is 0 Å². The Labute approximate surface area is 150 Å². The molecule has 0 bridgehead atoms. The number of nitrogens with zero attached hydrogens (tertiary/aromatic N) is 4. The molecular weight excluding hydrogens is 326 g/mol. The number of carbonyl (C=O) groups excluding carboxylic acids is 1. The number of nitrogens with one attached hydrogen (secondary N) is 1. The highest BCUT2D eigenvalue weighted by atomic mass is 16.1. The number of carbonyl (C=O) groups is 1. The molecule has 6 nitrogen and oxygen atoms in total. The highest BCUT2D eigenvalue weighted by Crippen LogP contribution is 2.28. The number of anilines is 1. The van der Waals surface area contributed by atoms with Gasteiger partial charge < -0.3 is 5.32 Å². The van der Waals surface area contributed by atoms with Gasteiger partial charge >= 0.3 is 0 Å². The van der Waals surface area contributed by atoms with Crippen LogP contribution in [0.25, 0.3) is 22.2 Å². The van der Waals surface area contributed by atoms with Crippen LogP contribution in [0.2, 0.25) is 0 Å². The molecule has 4 rings (SSSR count). The van der Waals surface area contributed by atoms with Crippen molar-refractivity contribution in [3.63, 3.8) is 0 Å². The van der Waals surface area contributed by atoms with Crippen molar-refractivity contribution >= 4 is 22.8 Å². The monoisotopic (exact) mass is 341 g/mol. The number of hydrogen-bond donors (Lipinski definition) is 1. The molecule has 3 aromatic heterocycles. The lowest BCUT2D eigenvalue weighted by Gasteiger charge is -2.11. The zero-order chi connectivity index (χ0) is 17.9. The van der Waals surface area contributed by atoms with Crippen LogP contribution in [0.1, 0.15) is 15.9 Å². The zero-order valence-electron chi connectivity index (χ0n) is 14.0. The molecule has 126 valence electrons. The quantitative estimate of drug-likeness (QED) is 0.615. The third-order valence-corrected chi connectivity index (χ3v) is 4.07. The molecule has 1 N–H and O–H groups in total. The Hall–Kier alpha value is -3.67. The van der Waals surface area contributed by atoms with Crippen LogP contribution in [0.3, 0.4) is 0 Å². The second kappa shape index (κ2) is 6.68. The molecule has 4 aromatic rings. The first-order chi connectivity index (χ1) is 12.7. The molecule has 0 atom stereocenters. The Morgan fingerprint density at radius 2 is 1.85 bits per heavy atom. The summed E-state index contributed by atoms with van der Waals surface area (Å²) < 4.78 is 0. The minimum Gasteiger partial charge on any atom is -0.306 e. The average molecular weight is 341 g/mol. The predicted molar refractivity (Wildman–Crippen MR) is 99.7 cm³/mol. The van der Waals surface area contributed by atoms with Crippen molar-refractivity contribution in [3.05, 3.63) is 78.5 Å². The van der Waals surface area contributed by atoms with E-state index in [1.807, 2.05) is 31.2 Å². The molecule has 0 spiro atoms. The molecule has 0 saturated carbocycles. The lowest BCUT2D eigenvalue weighted by atomic mass is 9.99. The van der Waals surface area contributed by atoms with Gasteiger partial charge in [-0.3, -0.25) is 19.7 Å². The third kappa shape index (κ3) is 3.00. The largest absolute Gasteiger partial charge is 0.306 e. The van der Waals surface area contributed by atoms with E-state index in [1.165, 1.54) is 0 Å².